The quantitative estimate of drug-likeness (QED) is 0.907. The van der Waals surface area contributed by atoms with E-state index in [4.69, 9.17) is 4.74 Å². The van der Waals surface area contributed by atoms with E-state index in [1.807, 2.05) is 12.1 Å². The van der Waals surface area contributed by atoms with Crippen molar-refractivity contribution < 1.29 is 9.53 Å². The molecule has 25 heavy (non-hydrogen) atoms. The molecule has 2 aliphatic rings. The third kappa shape index (κ3) is 2.96. The Morgan fingerprint density at radius 2 is 2.12 bits per heavy atom. The molecule has 4 rings (SSSR count). The van der Waals surface area contributed by atoms with E-state index in [0.29, 0.717) is 11.9 Å². The Bertz CT molecular complexity index is 868. The van der Waals surface area contributed by atoms with Gasteiger partial charge >= 0.3 is 0 Å². The third-order valence-electron chi connectivity index (χ3n) is 5.19. The molecular formula is C19H23N3O3. The fraction of sp³-hybridized carbons (Fsp3) is 0.474. The van der Waals surface area contributed by atoms with Crippen molar-refractivity contribution in [3.63, 3.8) is 0 Å². The molecule has 1 atom stereocenters. The number of hydrogen-bond donors (Lipinski definition) is 1. The molecule has 1 amide bonds. The lowest BCUT2D eigenvalue weighted by molar-refractivity contribution is 0.0383. The molecule has 0 spiro atoms. The number of carbonyl (C=O) groups excluding carboxylic acids is 1. The second-order valence-electron chi connectivity index (χ2n) is 6.86. The van der Waals surface area contributed by atoms with Gasteiger partial charge in [0.05, 0.1) is 18.7 Å². The van der Waals surface area contributed by atoms with E-state index in [0.717, 1.165) is 44.8 Å². The molecule has 2 aliphatic heterocycles. The van der Waals surface area contributed by atoms with Crippen molar-refractivity contribution in [2.75, 3.05) is 39.4 Å². The van der Waals surface area contributed by atoms with E-state index >= 15 is 0 Å². The first-order valence-electron chi connectivity index (χ1n) is 8.90. The number of pyridine rings is 1. The first-order valence-corrected chi connectivity index (χ1v) is 8.90. The molecule has 0 bridgehead atoms. The van der Waals surface area contributed by atoms with Crippen molar-refractivity contribution in [2.24, 2.45) is 0 Å². The summed E-state index contributed by atoms with van der Waals surface area (Å²) in [5.41, 5.74) is 2.22. The van der Waals surface area contributed by atoms with E-state index in [1.165, 1.54) is 5.56 Å². The van der Waals surface area contributed by atoms with Crippen molar-refractivity contribution >= 4 is 16.8 Å². The van der Waals surface area contributed by atoms with Crippen LogP contribution in [0.5, 0.6) is 0 Å². The van der Waals surface area contributed by atoms with Crippen molar-refractivity contribution in [3.8, 4) is 0 Å². The Balaban J connectivity index is 1.54. The van der Waals surface area contributed by atoms with Crippen LogP contribution in [0.2, 0.25) is 0 Å². The first-order chi connectivity index (χ1) is 12.1. The fourth-order valence-corrected chi connectivity index (χ4v) is 3.83. The summed E-state index contributed by atoms with van der Waals surface area (Å²) in [6, 6.07) is 6.05. The van der Waals surface area contributed by atoms with Gasteiger partial charge in [0.25, 0.3) is 5.91 Å². The maximum Gasteiger partial charge on any atom is 0.256 e. The zero-order chi connectivity index (χ0) is 17.4. The molecule has 1 saturated heterocycles. The zero-order valence-electron chi connectivity index (χ0n) is 14.5. The largest absolute Gasteiger partial charge is 0.379 e. The molecule has 6 heteroatoms. The van der Waals surface area contributed by atoms with E-state index in [1.54, 1.807) is 6.20 Å². The molecule has 1 aromatic carbocycles. The molecular weight excluding hydrogens is 318 g/mol. The smallest absolute Gasteiger partial charge is 0.256 e. The van der Waals surface area contributed by atoms with Crippen molar-refractivity contribution in [3.05, 3.63) is 45.7 Å². The van der Waals surface area contributed by atoms with Gasteiger partial charge in [0.15, 0.2) is 0 Å². The van der Waals surface area contributed by atoms with Gasteiger partial charge in [-0.2, -0.15) is 0 Å². The fourth-order valence-electron chi connectivity index (χ4n) is 3.83. The van der Waals surface area contributed by atoms with Crippen molar-refractivity contribution in [1.82, 2.24) is 14.8 Å². The highest BCUT2D eigenvalue weighted by Crippen LogP contribution is 2.30. The van der Waals surface area contributed by atoms with E-state index in [2.05, 4.69) is 27.8 Å². The molecule has 3 heterocycles. The van der Waals surface area contributed by atoms with Crippen LogP contribution < -0.4 is 10.7 Å². The van der Waals surface area contributed by atoms with Gasteiger partial charge in [-0.3, -0.25) is 14.5 Å². The van der Waals surface area contributed by atoms with Gasteiger partial charge in [0.2, 0.25) is 5.43 Å². The monoisotopic (exact) mass is 341 g/mol. The number of benzene rings is 1. The normalized spacial score (nSPS) is 20.1. The highest BCUT2D eigenvalue weighted by molar-refractivity contribution is 5.98. The maximum atomic E-state index is 12.8. The molecule has 1 N–H and O–H groups in total. The van der Waals surface area contributed by atoms with Gasteiger partial charge in [-0.25, -0.2) is 0 Å². The average Bonchev–Trinajstić information content (AvgIpc) is 2.95. The van der Waals surface area contributed by atoms with Gasteiger partial charge in [-0.1, -0.05) is 12.1 Å². The van der Waals surface area contributed by atoms with E-state index in [-0.39, 0.29) is 22.9 Å². The summed E-state index contributed by atoms with van der Waals surface area (Å²) in [5, 5.41) is 3.54. The van der Waals surface area contributed by atoms with E-state index in [9.17, 15) is 9.59 Å². The molecule has 2 aromatic rings. The minimum Gasteiger partial charge on any atom is -0.379 e. The lowest BCUT2D eigenvalue weighted by Gasteiger charge is -2.26. The Morgan fingerprint density at radius 1 is 1.32 bits per heavy atom. The van der Waals surface area contributed by atoms with Crippen LogP contribution in [-0.4, -0.2) is 54.8 Å². The topological polar surface area (TPSA) is 63.6 Å². The number of carbonyl (C=O) groups is 1. The Morgan fingerprint density at radius 3 is 2.92 bits per heavy atom. The SMILES string of the molecule is C[C@@H]1Cc2cccc3c(=O)c(C(=O)NCCN4CCOCC4)cn1c23. The van der Waals surface area contributed by atoms with Gasteiger partial charge in [-0.05, 0) is 25.0 Å². The molecule has 132 valence electrons. The summed E-state index contributed by atoms with van der Waals surface area (Å²) in [4.78, 5) is 27.6. The molecule has 0 saturated carbocycles. The summed E-state index contributed by atoms with van der Waals surface area (Å²) < 4.78 is 7.39. The predicted molar refractivity (Wildman–Crippen MR) is 96.2 cm³/mol. The first kappa shape index (κ1) is 16.3. The molecule has 0 aliphatic carbocycles. The number of amides is 1. The third-order valence-corrected chi connectivity index (χ3v) is 5.19. The maximum absolute atomic E-state index is 12.8. The number of morpholine rings is 1. The van der Waals surface area contributed by atoms with Crippen LogP contribution in [0.3, 0.4) is 0 Å². The van der Waals surface area contributed by atoms with Crippen LogP contribution in [0, 0.1) is 0 Å². The van der Waals surface area contributed by atoms with Gasteiger partial charge in [-0.15, -0.1) is 0 Å². The zero-order valence-corrected chi connectivity index (χ0v) is 14.5. The average molecular weight is 341 g/mol. The number of aromatic nitrogens is 1. The Hall–Kier alpha value is -2.18. The van der Waals surface area contributed by atoms with Crippen LogP contribution in [0.4, 0.5) is 0 Å². The number of hydrogen-bond acceptors (Lipinski definition) is 4. The number of rotatable bonds is 4. The Labute approximate surface area is 146 Å². The van der Waals surface area contributed by atoms with Crippen molar-refractivity contribution in [2.45, 2.75) is 19.4 Å². The predicted octanol–water partition coefficient (Wildman–Crippen LogP) is 1.18. The number of para-hydroxylation sites is 1. The van der Waals surface area contributed by atoms with Crippen LogP contribution in [0.15, 0.2) is 29.2 Å². The summed E-state index contributed by atoms with van der Waals surface area (Å²) in [5.74, 6) is -0.284. The van der Waals surface area contributed by atoms with Crippen LogP contribution in [0.1, 0.15) is 28.9 Å². The standard InChI is InChI=1S/C19H23N3O3/c1-13-11-14-3-2-4-15-17(14)22(13)12-16(18(15)23)19(24)20-5-6-21-7-9-25-10-8-21/h2-4,12-13H,5-11H2,1H3,(H,20,24)/t13-/m1/s1. The highest BCUT2D eigenvalue weighted by Gasteiger charge is 2.24. The number of nitrogens with zero attached hydrogens (tertiary/aromatic N) is 2. The molecule has 0 unspecified atom stereocenters. The van der Waals surface area contributed by atoms with Crippen LogP contribution in [0.25, 0.3) is 10.9 Å². The molecule has 0 radical (unpaired) electrons. The number of ether oxygens (including phenoxy) is 1. The second-order valence-corrected chi connectivity index (χ2v) is 6.86. The number of nitrogens with one attached hydrogen (secondary N) is 1. The van der Waals surface area contributed by atoms with Crippen LogP contribution >= 0.6 is 0 Å². The summed E-state index contributed by atoms with van der Waals surface area (Å²) >= 11 is 0. The van der Waals surface area contributed by atoms with Gasteiger partial charge < -0.3 is 14.6 Å². The lowest BCUT2D eigenvalue weighted by atomic mass is 10.1. The van der Waals surface area contributed by atoms with Gasteiger partial charge in [0.1, 0.15) is 5.56 Å². The second kappa shape index (κ2) is 6.61. The highest BCUT2D eigenvalue weighted by atomic mass is 16.5. The summed E-state index contributed by atoms with van der Waals surface area (Å²) in [7, 11) is 0. The summed E-state index contributed by atoms with van der Waals surface area (Å²) in [6.07, 6.45) is 2.63. The van der Waals surface area contributed by atoms with Crippen molar-refractivity contribution in [1.29, 1.82) is 0 Å². The Kier molecular flexibility index (Phi) is 4.31. The minimum absolute atomic E-state index is 0.175. The minimum atomic E-state index is -0.284. The summed E-state index contributed by atoms with van der Waals surface area (Å²) in [6.45, 7) is 6.68. The molecule has 1 fully saturated rings. The lowest BCUT2D eigenvalue weighted by Crippen LogP contribution is -2.42. The molecule has 6 nitrogen and oxygen atoms in total. The van der Waals surface area contributed by atoms with Crippen LogP contribution in [-0.2, 0) is 11.2 Å². The van der Waals surface area contributed by atoms with E-state index < -0.39 is 0 Å². The molecule has 1 aromatic heterocycles. The van der Waals surface area contributed by atoms with Gasteiger partial charge in [0, 0.05) is 43.8 Å².